The molecule has 0 spiro atoms. The normalized spacial score (nSPS) is 14.8. The molecular formula is C13H16N4O. The average molecular weight is 244 g/mol. The molecule has 0 unspecified atom stereocenters. The van der Waals surface area contributed by atoms with Crippen molar-refractivity contribution in [3.63, 3.8) is 0 Å². The van der Waals surface area contributed by atoms with Gasteiger partial charge in [-0.15, -0.1) is 0 Å². The molecule has 1 aliphatic rings. The van der Waals surface area contributed by atoms with Crippen LogP contribution in [-0.2, 0) is 0 Å². The molecule has 1 fully saturated rings. The van der Waals surface area contributed by atoms with E-state index < -0.39 is 0 Å². The van der Waals surface area contributed by atoms with Crippen molar-refractivity contribution < 1.29 is 4.74 Å². The van der Waals surface area contributed by atoms with Gasteiger partial charge in [-0.1, -0.05) is 6.07 Å². The highest BCUT2D eigenvalue weighted by Gasteiger charge is 2.27. The molecule has 0 atom stereocenters. The topological polar surface area (TPSA) is 66.0 Å². The molecule has 5 heteroatoms. The van der Waals surface area contributed by atoms with Gasteiger partial charge in [0.05, 0.1) is 24.5 Å². The third kappa shape index (κ3) is 1.72. The molecule has 1 aliphatic carbocycles. The number of ether oxygens (including phenoxy) is 1. The summed E-state index contributed by atoms with van der Waals surface area (Å²) in [6.07, 6.45) is 2.34. The lowest BCUT2D eigenvalue weighted by atomic mass is 10.1. The van der Waals surface area contributed by atoms with Crippen LogP contribution in [0.5, 0.6) is 5.75 Å². The summed E-state index contributed by atoms with van der Waals surface area (Å²) in [4.78, 5) is 1.81. The van der Waals surface area contributed by atoms with E-state index in [4.69, 9.17) is 10.5 Å². The molecule has 1 saturated carbocycles. The maximum atomic E-state index is 5.92. The predicted molar refractivity (Wildman–Crippen MR) is 69.4 cm³/mol. The van der Waals surface area contributed by atoms with Crippen LogP contribution in [0.15, 0.2) is 18.2 Å². The quantitative estimate of drug-likeness (QED) is 0.840. The van der Waals surface area contributed by atoms with Crippen molar-refractivity contribution in [2.45, 2.75) is 25.8 Å². The average Bonchev–Trinajstić information content (AvgIpc) is 3.13. The van der Waals surface area contributed by atoms with Gasteiger partial charge < -0.3 is 10.5 Å². The number of aryl methyl sites for hydroxylation is 1. The summed E-state index contributed by atoms with van der Waals surface area (Å²) < 4.78 is 5.37. The molecule has 0 aliphatic heterocycles. The summed E-state index contributed by atoms with van der Waals surface area (Å²) in [5.74, 6) is 0.670. The van der Waals surface area contributed by atoms with Crippen molar-refractivity contribution in [3.8, 4) is 17.0 Å². The predicted octanol–water partition coefficient (Wildman–Crippen LogP) is 2.18. The largest absolute Gasteiger partial charge is 0.494 e. The number of methoxy groups -OCH3 is 1. The summed E-state index contributed by atoms with van der Waals surface area (Å²) in [7, 11) is 1.62. The highest BCUT2D eigenvalue weighted by atomic mass is 16.5. The van der Waals surface area contributed by atoms with Gasteiger partial charge in [0.15, 0.2) is 5.75 Å². The van der Waals surface area contributed by atoms with E-state index in [-0.39, 0.29) is 0 Å². The van der Waals surface area contributed by atoms with Gasteiger partial charge in [-0.25, -0.2) is 0 Å². The molecular weight excluding hydrogens is 228 g/mol. The molecule has 94 valence electrons. The van der Waals surface area contributed by atoms with E-state index in [0.717, 1.165) is 17.0 Å². The van der Waals surface area contributed by atoms with Gasteiger partial charge in [-0.05, 0) is 31.9 Å². The van der Waals surface area contributed by atoms with Crippen molar-refractivity contribution in [2.75, 3.05) is 12.8 Å². The molecule has 1 heterocycles. The van der Waals surface area contributed by atoms with Crippen LogP contribution in [0.1, 0.15) is 24.6 Å². The molecule has 5 nitrogen and oxygen atoms in total. The summed E-state index contributed by atoms with van der Waals surface area (Å²) in [5, 5.41) is 9.03. The van der Waals surface area contributed by atoms with Crippen molar-refractivity contribution in [2.24, 2.45) is 0 Å². The third-order valence-corrected chi connectivity index (χ3v) is 3.18. The highest BCUT2D eigenvalue weighted by molar-refractivity contribution is 5.75. The first-order chi connectivity index (χ1) is 8.70. The zero-order chi connectivity index (χ0) is 12.7. The Morgan fingerprint density at radius 2 is 2.11 bits per heavy atom. The first-order valence-electron chi connectivity index (χ1n) is 6.07. The Morgan fingerprint density at radius 3 is 2.78 bits per heavy atom. The molecule has 1 aromatic carbocycles. The Bertz CT molecular complexity index is 587. The summed E-state index contributed by atoms with van der Waals surface area (Å²) in [6, 6.07) is 6.17. The van der Waals surface area contributed by atoms with Gasteiger partial charge in [-0.2, -0.15) is 15.0 Å². The van der Waals surface area contributed by atoms with Crippen LogP contribution in [0, 0.1) is 6.92 Å². The second-order valence-electron chi connectivity index (χ2n) is 4.61. The minimum atomic E-state index is 0.476. The zero-order valence-corrected chi connectivity index (χ0v) is 10.6. The summed E-state index contributed by atoms with van der Waals surface area (Å²) in [6.45, 7) is 1.96. The lowest BCUT2D eigenvalue weighted by Crippen LogP contribution is -1.99. The Labute approximate surface area is 106 Å². The Balaban J connectivity index is 2.11. The zero-order valence-electron chi connectivity index (χ0n) is 10.6. The van der Waals surface area contributed by atoms with Gasteiger partial charge in [0, 0.05) is 5.56 Å². The van der Waals surface area contributed by atoms with E-state index in [1.807, 2.05) is 29.9 Å². The van der Waals surface area contributed by atoms with Gasteiger partial charge in [0.1, 0.15) is 5.69 Å². The number of nitrogens with two attached hydrogens (primary N) is 1. The molecule has 0 amide bonds. The second-order valence-corrected chi connectivity index (χ2v) is 4.61. The second kappa shape index (κ2) is 4.01. The highest BCUT2D eigenvalue weighted by Crippen LogP contribution is 2.37. The van der Waals surface area contributed by atoms with Gasteiger partial charge in [0.2, 0.25) is 0 Å². The SMILES string of the molecule is COc1c(N)cccc1-c1nn(C2CC2)nc1C. The van der Waals surface area contributed by atoms with E-state index in [0.29, 0.717) is 17.5 Å². The van der Waals surface area contributed by atoms with Crippen LogP contribution in [-0.4, -0.2) is 22.1 Å². The molecule has 0 saturated heterocycles. The van der Waals surface area contributed by atoms with Gasteiger partial charge in [-0.3, -0.25) is 0 Å². The number of hydrogen-bond donors (Lipinski definition) is 1. The first kappa shape index (κ1) is 11.1. The maximum Gasteiger partial charge on any atom is 0.151 e. The fourth-order valence-electron chi connectivity index (χ4n) is 2.08. The minimum Gasteiger partial charge on any atom is -0.494 e. The monoisotopic (exact) mass is 244 g/mol. The summed E-state index contributed by atoms with van der Waals surface area (Å²) >= 11 is 0. The molecule has 2 aromatic rings. The molecule has 1 aromatic heterocycles. The first-order valence-corrected chi connectivity index (χ1v) is 6.07. The van der Waals surface area contributed by atoms with E-state index >= 15 is 0 Å². The van der Waals surface area contributed by atoms with Gasteiger partial charge >= 0.3 is 0 Å². The fourth-order valence-corrected chi connectivity index (χ4v) is 2.08. The molecule has 0 bridgehead atoms. The number of benzene rings is 1. The van der Waals surface area contributed by atoms with Crippen molar-refractivity contribution >= 4 is 5.69 Å². The van der Waals surface area contributed by atoms with Crippen molar-refractivity contribution in [1.82, 2.24) is 15.0 Å². The fraction of sp³-hybridized carbons (Fsp3) is 0.385. The number of nitrogen functional groups attached to an aromatic ring is 1. The Kier molecular flexibility index (Phi) is 2.47. The number of para-hydroxylation sites is 1. The Hall–Kier alpha value is -2.04. The number of anilines is 1. The number of hydrogen-bond acceptors (Lipinski definition) is 4. The molecule has 3 rings (SSSR count). The summed E-state index contributed by atoms with van der Waals surface area (Å²) in [5.41, 5.74) is 9.20. The van der Waals surface area contributed by atoms with Crippen LogP contribution in [0.2, 0.25) is 0 Å². The smallest absolute Gasteiger partial charge is 0.151 e. The number of nitrogens with zero attached hydrogens (tertiary/aromatic N) is 3. The van der Waals surface area contributed by atoms with E-state index in [2.05, 4.69) is 10.2 Å². The standard InChI is InChI=1S/C13H16N4O/c1-8-12(16-17(15-8)9-6-7-9)10-4-3-5-11(14)13(10)18-2/h3-5,9H,6-7,14H2,1-2H3. The van der Waals surface area contributed by atoms with Crippen LogP contribution >= 0.6 is 0 Å². The van der Waals surface area contributed by atoms with Crippen LogP contribution < -0.4 is 10.5 Å². The van der Waals surface area contributed by atoms with Crippen molar-refractivity contribution in [3.05, 3.63) is 23.9 Å². The van der Waals surface area contributed by atoms with E-state index in [1.54, 1.807) is 7.11 Å². The molecule has 18 heavy (non-hydrogen) atoms. The van der Waals surface area contributed by atoms with E-state index in [1.165, 1.54) is 12.8 Å². The van der Waals surface area contributed by atoms with Crippen molar-refractivity contribution in [1.29, 1.82) is 0 Å². The molecule has 0 radical (unpaired) electrons. The van der Waals surface area contributed by atoms with Crippen LogP contribution in [0.25, 0.3) is 11.3 Å². The van der Waals surface area contributed by atoms with E-state index in [9.17, 15) is 0 Å². The van der Waals surface area contributed by atoms with Gasteiger partial charge in [0.25, 0.3) is 0 Å². The third-order valence-electron chi connectivity index (χ3n) is 3.18. The maximum absolute atomic E-state index is 5.92. The lowest BCUT2D eigenvalue weighted by molar-refractivity contribution is 0.418. The van der Waals surface area contributed by atoms with Crippen LogP contribution in [0.4, 0.5) is 5.69 Å². The Morgan fingerprint density at radius 1 is 1.33 bits per heavy atom. The molecule has 2 N–H and O–H groups in total. The van der Waals surface area contributed by atoms with Crippen LogP contribution in [0.3, 0.4) is 0 Å². The number of aromatic nitrogens is 3. The lowest BCUT2D eigenvalue weighted by Gasteiger charge is -2.08. The number of rotatable bonds is 3. The minimum absolute atomic E-state index is 0.476.